The summed E-state index contributed by atoms with van der Waals surface area (Å²) in [7, 11) is -1.97. The molecule has 0 fully saturated rings. The molecule has 0 saturated heterocycles. The van der Waals surface area contributed by atoms with Crippen LogP contribution in [0.4, 0.5) is 0 Å². The van der Waals surface area contributed by atoms with E-state index in [0.29, 0.717) is 0 Å². The van der Waals surface area contributed by atoms with E-state index in [9.17, 15) is 0 Å². The Morgan fingerprint density at radius 3 is 1.29 bits per heavy atom. The van der Waals surface area contributed by atoms with Crippen LogP contribution in [0, 0.1) is 42.5 Å². The van der Waals surface area contributed by atoms with Gasteiger partial charge in [0, 0.05) is 0 Å². The molecular weight excluding hydrogens is 687 g/mol. The Morgan fingerprint density at radius 2 is 0.929 bits per heavy atom. The molecule has 6 aromatic carbocycles. The summed E-state index contributed by atoms with van der Waals surface area (Å²) in [5.74, 6) is 0. The van der Waals surface area contributed by atoms with Crippen LogP contribution in [-0.2, 0) is 25.8 Å². The summed E-state index contributed by atoms with van der Waals surface area (Å²) in [5.41, 5.74) is 10.9. The minimum atomic E-state index is -1.97. The zero-order valence-corrected chi connectivity index (χ0v) is 31.2. The van der Waals surface area contributed by atoms with Crippen LogP contribution in [0.25, 0.3) is 43.8 Å². The smallest absolute Gasteiger partial charge is 0.358 e. The molecule has 0 saturated carbocycles. The van der Waals surface area contributed by atoms with Gasteiger partial charge in [-0.25, -0.2) is 0 Å². The van der Waals surface area contributed by atoms with Gasteiger partial charge in [0.2, 0.25) is 0 Å². The van der Waals surface area contributed by atoms with Crippen molar-refractivity contribution in [3.05, 3.63) is 134 Å². The first kappa shape index (κ1) is 33.7. The SMILES string of the molecule is CCC[Si](C)(c1cc2c(-c3c(C)cccc3C)cccc2[cH-]1)c1cc2c(-c3c(C)cccc3C)cccc2[cH-]1.[CH3-].[CH3-].[Hf+4]. The van der Waals surface area contributed by atoms with Crippen LogP contribution in [0.3, 0.4) is 0 Å². The van der Waals surface area contributed by atoms with Gasteiger partial charge >= 0.3 is 25.8 Å². The van der Waals surface area contributed by atoms with Crippen molar-refractivity contribution in [2.75, 3.05) is 0 Å². The summed E-state index contributed by atoms with van der Waals surface area (Å²) in [5, 5.41) is 8.64. The maximum atomic E-state index is 2.59. The third-order valence-electron chi connectivity index (χ3n) is 9.03. The summed E-state index contributed by atoms with van der Waals surface area (Å²) < 4.78 is 0. The van der Waals surface area contributed by atoms with Crippen molar-refractivity contribution in [3.8, 4) is 22.3 Å². The monoisotopic (exact) mass is 732 g/mol. The van der Waals surface area contributed by atoms with Gasteiger partial charge in [0.15, 0.2) is 0 Å². The minimum absolute atomic E-state index is 0. The Bertz CT molecular complexity index is 1660. The third kappa shape index (κ3) is 5.61. The summed E-state index contributed by atoms with van der Waals surface area (Å²) in [4.78, 5) is 0. The molecule has 6 aromatic rings. The Balaban J connectivity index is 0.00000161. The quantitative estimate of drug-likeness (QED) is 0.118. The summed E-state index contributed by atoms with van der Waals surface area (Å²) in [6, 6.07) is 38.4. The van der Waals surface area contributed by atoms with Gasteiger partial charge in [-0.3, -0.25) is 0 Å². The van der Waals surface area contributed by atoms with Gasteiger partial charge < -0.3 is 14.9 Å². The molecule has 0 aliphatic heterocycles. The van der Waals surface area contributed by atoms with Crippen molar-refractivity contribution >= 4 is 40.0 Å². The molecular formula is C40H44HfSi. The maximum absolute atomic E-state index is 2.59. The normalized spacial score (nSPS) is 11.2. The number of fused-ring (bicyclic) bond motifs is 2. The number of hydrogen-bond acceptors (Lipinski definition) is 0. The van der Waals surface area contributed by atoms with Crippen LogP contribution in [-0.4, -0.2) is 8.07 Å². The molecule has 0 nitrogen and oxygen atoms in total. The largest absolute Gasteiger partial charge is 4.00 e. The third-order valence-corrected chi connectivity index (χ3v) is 13.7. The summed E-state index contributed by atoms with van der Waals surface area (Å²) >= 11 is 0. The van der Waals surface area contributed by atoms with Crippen molar-refractivity contribution in [2.45, 2.75) is 53.6 Å². The fraction of sp³-hybridized carbons (Fsp3) is 0.200. The van der Waals surface area contributed by atoms with E-state index in [1.54, 1.807) is 10.4 Å². The van der Waals surface area contributed by atoms with Crippen LogP contribution in [0.2, 0.25) is 12.6 Å². The number of rotatable bonds is 6. The molecule has 0 aromatic heterocycles. The molecule has 0 N–H and O–H groups in total. The molecule has 0 atom stereocenters. The van der Waals surface area contributed by atoms with E-state index < -0.39 is 8.07 Å². The fourth-order valence-corrected chi connectivity index (χ4v) is 10.8. The maximum Gasteiger partial charge on any atom is 4.00 e. The first-order valence-corrected chi connectivity index (χ1v) is 17.1. The summed E-state index contributed by atoms with van der Waals surface area (Å²) in [6.07, 6.45) is 1.19. The number of aryl methyl sites for hydroxylation is 4. The van der Waals surface area contributed by atoms with E-state index in [1.807, 2.05) is 0 Å². The Morgan fingerprint density at radius 1 is 0.571 bits per heavy atom. The van der Waals surface area contributed by atoms with Crippen molar-refractivity contribution in [2.24, 2.45) is 0 Å². The predicted molar refractivity (Wildman–Crippen MR) is 188 cm³/mol. The van der Waals surface area contributed by atoms with Gasteiger partial charge in [-0.2, -0.15) is 12.1 Å². The van der Waals surface area contributed by atoms with Crippen molar-refractivity contribution in [1.29, 1.82) is 0 Å². The Kier molecular flexibility index (Phi) is 10.6. The van der Waals surface area contributed by atoms with Crippen LogP contribution in [0.15, 0.2) is 97.1 Å². The molecule has 0 aliphatic rings. The van der Waals surface area contributed by atoms with E-state index in [2.05, 4.69) is 138 Å². The van der Waals surface area contributed by atoms with Gasteiger partial charge in [-0.05, 0) is 61.1 Å². The molecule has 0 spiro atoms. The molecule has 0 heterocycles. The summed E-state index contributed by atoms with van der Waals surface area (Å²) in [6.45, 7) is 13.9. The molecule has 42 heavy (non-hydrogen) atoms. The van der Waals surface area contributed by atoms with Crippen molar-refractivity contribution in [1.82, 2.24) is 0 Å². The predicted octanol–water partition coefficient (Wildman–Crippen LogP) is 10.5. The van der Waals surface area contributed by atoms with Crippen molar-refractivity contribution < 1.29 is 25.8 Å². The zero-order valence-electron chi connectivity index (χ0n) is 26.7. The number of hydrogen-bond donors (Lipinski definition) is 0. The van der Waals surface area contributed by atoms with Gasteiger partial charge in [0.25, 0.3) is 0 Å². The van der Waals surface area contributed by atoms with Gasteiger partial charge in [-0.15, -0.1) is 68.3 Å². The molecule has 0 unspecified atom stereocenters. The van der Waals surface area contributed by atoms with E-state index >= 15 is 0 Å². The average Bonchev–Trinajstić information content (AvgIpc) is 3.55. The fourth-order valence-electron chi connectivity index (χ4n) is 6.98. The zero-order chi connectivity index (χ0) is 27.3. The van der Waals surface area contributed by atoms with Crippen molar-refractivity contribution in [3.63, 3.8) is 0 Å². The first-order valence-electron chi connectivity index (χ1n) is 14.3. The second-order valence-corrected chi connectivity index (χ2v) is 16.0. The molecule has 0 radical (unpaired) electrons. The second-order valence-electron chi connectivity index (χ2n) is 11.7. The van der Waals surface area contributed by atoms with Crippen LogP contribution < -0.4 is 10.4 Å². The average molecular weight is 731 g/mol. The topological polar surface area (TPSA) is 0 Å². The molecule has 6 rings (SSSR count). The molecule has 0 aliphatic carbocycles. The van der Waals surface area contributed by atoms with Crippen LogP contribution in [0.1, 0.15) is 35.6 Å². The Hall–Kier alpha value is -2.81. The van der Waals surface area contributed by atoms with Gasteiger partial charge in [0.05, 0.1) is 8.07 Å². The van der Waals surface area contributed by atoms with E-state index in [1.165, 1.54) is 78.5 Å². The van der Waals surface area contributed by atoms with Crippen LogP contribution >= 0.6 is 0 Å². The molecule has 212 valence electrons. The van der Waals surface area contributed by atoms with Crippen LogP contribution in [0.5, 0.6) is 0 Å². The molecule has 0 bridgehead atoms. The second kappa shape index (κ2) is 13.2. The minimum Gasteiger partial charge on any atom is -0.358 e. The molecule has 2 heteroatoms. The Labute approximate surface area is 274 Å². The molecule has 0 amide bonds. The van der Waals surface area contributed by atoms with Gasteiger partial charge in [-0.1, -0.05) is 85.6 Å². The van der Waals surface area contributed by atoms with E-state index in [0.717, 1.165) is 0 Å². The van der Waals surface area contributed by atoms with E-state index in [-0.39, 0.29) is 40.7 Å². The van der Waals surface area contributed by atoms with E-state index in [4.69, 9.17) is 0 Å². The first-order chi connectivity index (χ1) is 18.8. The number of benzene rings is 4. The standard InChI is InChI=1S/C38H38Si.2CH3.Hf/c1-7-20-39(6,31-21-29-16-10-18-33(35(29)23-31)37-25(2)12-8-13-26(37)3)32-22-30-17-11-19-34(36(30)24-32)38-27(4)14-9-15-28(38)5;;;/h8-19,21-24H,7,20H2,1-6H3;2*1H3;/q-2;2*-1;+4. The van der Waals surface area contributed by atoms with Gasteiger partial charge in [0.1, 0.15) is 0 Å².